The van der Waals surface area contributed by atoms with Gasteiger partial charge in [-0.2, -0.15) is 0 Å². The van der Waals surface area contributed by atoms with Crippen molar-refractivity contribution < 1.29 is 14.7 Å². The van der Waals surface area contributed by atoms with Gasteiger partial charge in [0, 0.05) is 19.6 Å². The molecule has 1 amide bonds. The smallest absolute Gasteiger partial charge is 0.409 e. The lowest BCUT2D eigenvalue weighted by atomic mass is 10.2. The molecule has 1 N–H and O–H groups in total. The zero-order valence-electron chi connectivity index (χ0n) is 7.01. The lowest BCUT2D eigenvalue weighted by Crippen LogP contribution is -2.48. The van der Waals surface area contributed by atoms with Gasteiger partial charge in [0.25, 0.3) is 0 Å². The fourth-order valence-electron chi connectivity index (χ4n) is 1.79. The Morgan fingerprint density at radius 3 is 3.00 bits per heavy atom. The molecule has 1 unspecified atom stereocenters. The number of rotatable bonds is 0. The fourth-order valence-corrected chi connectivity index (χ4v) is 1.79. The molecule has 0 aromatic heterocycles. The number of carbonyl (C=O) groups is 2. The van der Waals surface area contributed by atoms with E-state index in [4.69, 9.17) is 5.11 Å². The van der Waals surface area contributed by atoms with Crippen molar-refractivity contribution >= 4 is 11.9 Å². The molecule has 1 atom stereocenters. The first-order valence-corrected chi connectivity index (χ1v) is 4.14. The van der Waals surface area contributed by atoms with E-state index in [9.17, 15) is 9.59 Å². The molecule has 0 radical (unpaired) electrons. The van der Waals surface area contributed by atoms with Crippen LogP contribution in [0.25, 0.3) is 0 Å². The quantitative estimate of drug-likeness (QED) is 0.561. The molecule has 0 aliphatic carbocycles. The topological polar surface area (TPSA) is 60.9 Å². The molecule has 13 heavy (non-hydrogen) atoms. The highest BCUT2D eigenvalue weighted by atomic mass is 16.4. The molecule has 1 saturated heterocycles. The molecule has 2 heterocycles. The molecule has 0 aromatic rings. The highest BCUT2D eigenvalue weighted by molar-refractivity contribution is 5.96. The van der Waals surface area contributed by atoms with Gasteiger partial charge in [-0.05, 0) is 6.08 Å². The van der Waals surface area contributed by atoms with Crippen LogP contribution in [0.5, 0.6) is 0 Å². The maximum atomic E-state index is 11.4. The monoisotopic (exact) mass is 182 g/mol. The van der Waals surface area contributed by atoms with Gasteiger partial charge in [-0.3, -0.25) is 14.6 Å². The molecule has 70 valence electrons. The van der Waals surface area contributed by atoms with Crippen molar-refractivity contribution in [1.82, 2.24) is 9.80 Å². The molecule has 2 aliphatic rings. The maximum absolute atomic E-state index is 11.4. The summed E-state index contributed by atoms with van der Waals surface area (Å²) < 4.78 is 0. The summed E-state index contributed by atoms with van der Waals surface area (Å²) in [6.45, 7) is 1.74. The van der Waals surface area contributed by atoms with Crippen LogP contribution < -0.4 is 0 Å². The average molecular weight is 182 g/mol. The predicted molar refractivity (Wildman–Crippen MR) is 44.2 cm³/mol. The van der Waals surface area contributed by atoms with Crippen molar-refractivity contribution in [1.29, 1.82) is 0 Å². The Morgan fingerprint density at radius 1 is 1.54 bits per heavy atom. The average Bonchev–Trinajstić information content (AvgIpc) is 2.49. The number of fused-ring (bicyclic) bond motifs is 1. The predicted octanol–water partition coefficient (Wildman–Crippen LogP) is -0.253. The molecule has 5 nitrogen and oxygen atoms in total. The van der Waals surface area contributed by atoms with Crippen LogP contribution in [0.3, 0.4) is 0 Å². The third-order valence-corrected chi connectivity index (χ3v) is 2.39. The van der Waals surface area contributed by atoms with Crippen LogP contribution in [0.1, 0.15) is 0 Å². The van der Waals surface area contributed by atoms with Gasteiger partial charge in [-0.25, -0.2) is 4.79 Å². The van der Waals surface area contributed by atoms with Crippen LogP contribution in [0.4, 0.5) is 4.79 Å². The normalized spacial score (nSPS) is 27.8. The van der Waals surface area contributed by atoms with E-state index in [0.29, 0.717) is 19.6 Å². The Kier molecular flexibility index (Phi) is 1.81. The summed E-state index contributed by atoms with van der Waals surface area (Å²) in [4.78, 5) is 25.1. The maximum Gasteiger partial charge on any atom is 0.409 e. The molecule has 1 fully saturated rings. The summed E-state index contributed by atoms with van der Waals surface area (Å²) in [6.07, 6.45) is 1.64. The summed E-state index contributed by atoms with van der Waals surface area (Å²) in [7, 11) is 0. The Balaban J connectivity index is 2.24. The van der Waals surface area contributed by atoms with E-state index in [0.717, 1.165) is 0 Å². The lowest BCUT2D eigenvalue weighted by molar-refractivity contribution is -0.122. The summed E-state index contributed by atoms with van der Waals surface area (Å²) >= 11 is 0. The number of carboxylic acid groups (broad SMARTS) is 1. The van der Waals surface area contributed by atoms with Gasteiger partial charge >= 0.3 is 6.09 Å². The van der Waals surface area contributed by atoms with E-state index in [1.807, 2.05) is 4.90 Å². The first kappa shape index (κ1) is 8.25. The number of amides is 1. The second kappa shape index (κ2) is 2.85. The molecule has 0 saturated carbocycles. The van der Waals surface area contributed by atoms with E-state index >= 15 is 0 Å². The number of nitrogens with zero attached hydrogens (tertiary/aromatic N) is 2. The SMILES string of the molecule is O=C1C=CCN2CCN(C(=O)O)C12. The number of carbonyl (C=O) groups excluding carboxylic acids is 1. The summed E-state index contributed by atoms with van der Waals surface area (Å²) in [5, 5.41) is 8.79. The van der Waals surface area contributed by atoms with Gasteiger partial charge in [0.05, 0.1) is 0 Å². The van der Waals surface area contributed by atoms with E-state index in [1.54, 1.807) is 6.08 Å². The van der Waals surface area contributed by atoms with Crippen molar-refractivity contribution in [3.8, 4) is 0 Å². The van der Waals surface area contributed by atoms with Crippen molar-refractivity contribution in [3.05, 3.63) is 12.2 Å². The highest BCUT2D eigenvalue weighted by Gasteiger charge is 2.39. The van der Waals surface area contributed by atoms with Crippen molar-refractivity contribution in [3.63, 3.8) is 0 Å². The highest BCUT2D eigenvalue weighted by Crippen LogP contribution is 2.18. The zero-order chi connectivity index (χ0) is 9.42. The van der Waals surface area contributed by atoms with Crippen LogP contribution in [-0.2, 0) is 4.79 Å². The van der Waals surface area contributed by atoms with Crippen LogP contribution in [0.2, 0.25) is 0 Å². The third-order valence-electron chi connectivity index (χ3n) is 2.39. The summed E-state index contributed by atoms with van der Waals surface area (Å²) in [5.74, 6) is -0.133. The molecule has 5 heteroatoms. The van der Waals surface area contributed by atoms with Gasteiger partial charge in [0.15, 0.2) is 11.9 Å². The Bertz CT molecular complexity index is 287. The van der Waals surface area contributed by atoms with Crippen LogP contribution >= 0.6 is 0 Å². The molecule has 2 aliphatic heterocycles. The first-order valence-electron chi connectivity index (χ1n) is 4.14. The van der Waals surface area contributed by atoms with Crippen LogP contribution in [0, 0.1) is 0 Å². The van der Waals surface area contributed by atoms with E-state index < -0.39 is 12.3 Å². The summed E-state index contributed by atoms with van der Waals surface area (Å²) in [5.41, 5.74) is 0. The third kappa shape index (κ3) is 1.21. The molecule has 0 aromatic carbocycles. The van der Waals surface area contributed by atoms with E-state index in [2.05, 4.69) is 0 Å². The lowest BCUT2D eigenvalue weighted by Gasteiger charge is -2.27. The minimum absolute atomic E-state index is 0.133. The standard InChI is InChI=1S/C8H10N2O3/c11-6-2-1-3-9-4-5-10(7(6)9)8(12)13/h1-2,7H,3-5H2,(H,12,13). The molecule has 0 bridgehead atoms. The number of hydrogen-bond donors (Lipinski definition) is 1. The van der Waals surface area contributed by atoms with Crippen molar-refractivity contribution in [2.75, 3.05) is 19.6 Å². The van der Waals surface area contributed by atoms with Gasteiger partial charge in [-0.1, -0.05) is 6.08 Å². The molecular formula is C8H10N2O3. The van der Waals surface area contributed by atoms with Gasteiger partial charge in [-0.15, -0.1) is 0 Å². The Labute approximate surface area is 75.2 Å². The van der Waals surface area contributed by atoms with Crippen molar-refractivity contribution in [2.45, 2.75) is 6.17 Å². The summed E-state index contributed by atoms with van der Waals surface area (Å²) in [6, 6.07) is 0. The second-order valence-electron chi connectivity index (χ2n) is 3.15. The van der Waals surface area contributed by atoms with Gasteiger partial charge < -0.3 is 5.11 Å². The fraction of sp³-hybridized carbons (Fsp3) is 0.500. The Hall–Kier alpha value is -1.36. The van der Waals surface area contributed by atoms with Crippen LogP contribution in [0.15, 0.2) is 12.2 Å². The molecule has 0 spiro atoms. The largest absolute Gasteiger partial charge is 0.465 e. The van der Waals surface area contributed by atoms with Gasteiger partial charge in [0.2, 0.25) is 0 Å². The minimum atomic E-state index is -1.02. The Morgan fingerprint density at radius 2 is 2.31 bits per heavy atom. The second-order valence-corrected chi connectivity index (χ2v) is 3.15. The van der Waals surface area contributed by atoms with Crippen LogP contribution in [-0.4, -0.2) is 52.6 Å². The number of hydrogen-bond acceptors (Lipinski definition) is 3. The zero-order valence-corrected chi connectivity index (χ0v) is 7.01. The van der Waals surface area contributed by atoms with Crippen molar-refractivity contribution in [2.24, 2.45) is 0 Å². The molecular weight excluding hydrogens is 172 g/mol. The minimum Gasteiger partial charge on any atom is -0.465 e. The number of ketones is 1. The van der Waals surface area contributed by atoms with E-state index in [-0.39, 0.29) is 5.78 Å². The first-order chi connectivity index (χ1) is 6.20. The van der Waals surface area contributed by atoms with E-state index in [1.165, 1.54) is 11.0 Å². The molecule has 2 rings (SSSR count). The van der Waals surface area contributed by atoms with Gasteiger partial charge in [0.1, 0.15) is 0 Å².